The summed E-state index contributed by atoms with van der Waals surface area (Å²) in [5.41, 5.74) is 2.49. The van der Waals surface area contributed by atoms with Crippen LogP contribution in [-0.2, 0) is 17.6 Å². The molecule has 4 rings (SSSR count). The largest absolute Gasteiger partial charge is 0.451 e. The van der Waals surface area contributed by atoms with Gasteiger partial charge in [0.2, 0.25) is 0 Å². The standard InChI is InChI=1S/C21H22N2O3S/c1-11-5-4-6-14(9-11)21(25)26-13(3)18-22-19(24)17-15-8-7-12(2)10-16(15)27-20(17)23-18/h4-6,9,12-13H,7-8,10H2,1-3H3,(H,22,23,24)/t12-,13-/m0/s1. The molecule has 1 aliphatic rings. The van der Waals surface area contributed by atoms with E-state index in [0.29, 0.717) is 22.7 Å². The molecule has 2 aromatic heterocycles. The van der Waals surface area contributed by atoms with Crippen LogP contribution in [0.5, 0.6) is 0 Å². The van der Waals surface area contributed by atoms with Gasteiger partial charge < -0.3 is 9.72 Å². The van der Waals surface area contributed by atoms with Gasteiger partial charge in [-0.1, -0.05) is 24.6 Å². The van der Waals surface area contributed by atoms with Gasteiger partial charge >= 0.3 is 5.97 Å². The molecular formula is C21H22N2O3S. The molecule has 0 saturated heterocycles. The average Bonchev–Trinajstić information content (AvgIpc) is 2.99. The number of nitrogens with zero attached hydrogens (tertiary/aromatic N) is 1. The molecule has 1 aliphatic carbocycles. The van der Waals surface area contributed by atoms with Gasteiger partial charge in [-0.3, -0.25) is 4.79 Å². The van der Waals surface area contributed by atoms with Crippen LogP contribution >= 0.6 is 11.3 Å². The number of ether oxygens (including phenoxy) is 1. The quantitative estimate of drug-likeness (QED) is 0.684. The van der Waals surface area contributed by atoms with Crippen LogP contribution in [0, 0.1) is 12.8 Å². The lowest BCUT2D eigenvalue weighted by Crippen LogP contribution is -2.18. The van der Waals surface area contributed by atoms with Crippen molar-refractivity contribution in [2.45, 2.75) is 46.1 Å². The first-order valence-corrected chi connectivity index (χ1v) is 10.1. The molecule has 0 aliphatic heterocycles. The number of fused-ring (bicyclic) bond motifs is 3. The molecule has 0 spiro atoms. The van der Waals surface area contributed by atoms with Crippen LogP contribution < -0.4 is 5.56 Å². The summed E-state index contributed by atoms with van der Waals surface area (Å²) in [5.74, 6) is 0.603. The van der Waals surface area contributed by atoms with Gasteiger partial charge in [-0.05, 0) is 56.7 Å². The number of H-pyrrole nitrogens is 1. The fourth-order valence-corrected chi connectivity index (χ4v) is 5.00. The summed E-state index contributed by atoms with van der Waals surface area (Å²) in [7, 11) is 0. The van der Waals surface area contributed by atoms with Gasteiger partial charge in [0.05, 0.1) is 10.9 Å². The van der Waals surface area contributed by atoms with Crippen LogP contribution in [0.15, 0.2) is 29.1 Å². The molecule has 5 nitrogen and oxygen atoms in total. The highest BCUT2D eigenvalue weighted by Gasteiger charge is 2.24. The van der Waals surface area contributed by atoms with Crippen molar-refractivity contribution in [1.29, 1.82) is 0 Å². The van der Waals surface area contributed by atoms with Crippen molar-refractivity contribution < 1.29 is 9.53 Å². The second-order valence-electron chi connectivity index (χ2n) is 7.40. The number of hydrogen-bond donors (Lipinski definition) is 1. The third-order valence-electron chi connectivity index (χ3n) is 5.11. The Morgan fingerprint density at radius 3 is 3.00 bits per heavy atom. The van der Waals surface area contributed by atoms with Crippen molar-refractivity contribution in [1.82, 2.24) is 9.97 Å². The Balaban J connectivity index is 1.64. The minimum absolute atomic E-state index is 0.138. The molecule has 0 saturated carbocycles. The molecule has 1 N–H and O–H groups in total. The van der Waals surface area contributed by atoms with Crippen molar-refractivity contribution in [3.8, 4) is 0 Å². The molecule has 3 aromatic rings. The van der Waals surface area contributed by atoms with Crippen LogP contribution in [0.1, 0.15) is 58.6 Å². The summed E-state index contributed by atoms with van der Waals surface area (Å²) in [6, 6.07) is 7.24. The van der Waals surface area contributed by atoms with Crippen LogP contribution in [0.25, 0.3) is 10.2 Å². The van der Waals surface area contributed by atoms with Crippen molar-refractivity contribution in [3.63, 3.8) is 0 Å². The molecule has 27 heavy (non-hydrogen) atoms. The lowest BCUT2D eigenvalue weighted by molar-refractivity contribution is 0.0320. The van der Waals surface area contributed by atoms with Crippen LogP contribution in [-0.4, -0.2) is 15.9 Å². The molecule has 0 radical (unpaired) electrons. The van der Waals surface area contributed by atoms with E-state index in [1.165, 1.54) is 4.88 Å². The fourth-order valence-electron chi connectivity index (χ4n) is 3.61. The van der Waals surface area contributed by atoms with E-state index in [-0.39, 0.29) is 5.56 Å². The Kier molecular flexibility index (Phi) is 4.60. The van der Waals surface area contributed by atoms with Crippen molar-refractivity contribution in [2.75, 3.05) is 0 Å². The predicted octanol–water partition coefficient (Wildman–Crippen LogP) is 4.34. The lowest BCUT2D eigenvalue weighted by atomic mass is 9.89. The Bertz CT molecular complexity index is 1080. The predicted molar refractivity (Wildman–Crippen MR) is 106 cm³/mol. The zero-order chi connectivity index (χ0) is 19.1. The van der Waals surface area contributed by atoms with Gasteiger partial charge in [0.1, 0.15) is 4.83 Å². The summed E-state index contributed by atoms with van der Waals surface area (Å²) in [6.07, 6.45) is 2.40. The highest BCUT2D eigenvalue weighted by molar-refractivity contribution is 7.18. The number of carbonyl (C=O) groups excluding carboxylic acids is 1. The molecule has 0 amide bonds. The third-order valence-corrected chi connectivity index (χ3v) is 6.25. The maximum absolute atomic E-state index is 12.7. The number of esters is 1. The Morgan fingerprint density at radius 1 is 1.41 bits per heavy atom. The van der Waals surface area contributed by atoms with Crippen molar-refractivity contribution in [2.24, 2.45) is 5.92 Å². The first-order valence-electron chi connectivity index (χ1n) is 9.24. The highest BCUT2D eigenvalue weighted by atomic mass is 32.1. The SMILES string of the molecule is Cc1cccc(C(=O)O[C@@H](C)c2nc3sc4c(c3c(=O)[nH]2)CC[C@H](C)C4)c1. The summed E-state index contributed by atoms with van der Waals surface area (Å²) in [6.45, 7) is 5.89. The van der Waals surface area contributed by atoms with Crippen LogP contribution in [0.4, 0.5) is 0 Å². The topological polar surface area (TPSA) is 72.0 Å². The minimum Gasteiger partial charge on any atom is -0.451 e. The van der Waals surface area contributed by atoms with Gasteiger partial charge in [-0.2, -0.15) is 0 Å². The fraction of sp³-hybridized carbons (Fsp3) is 0.381. The Labute approximate surface area is 161 Å². The summed E-state index contributed by atoms with van der Waals surface area (Å²) in [5, 5.41) is 0.711. The summed E-state index contributed by atoms with van der Waals surface area (Å²) < 4.78 is 5.53. The van der Waals surface area contributed by atoms with Crippen LogP contribution in [0.3, 0.4) is 0 Å². The summed E-state index contributed by atoms with van der Waals surface area (Å²) in [4.78, 5) is 34.5. The van der Waals surface area contributed by atoms with Gasteiger partial charge in [0.15, 0.2) is 11.9 Å². The number of hydrogen-bond acceptors (Lipinski definition) is 5. The van der Waals surface area contributed by atoms with Crippen LogP contribution in [0.2, 0.25) is 0 Å². The van der Waals surface area contributed by atoms with Crippen molar-refractivity contribution in [3.05, 3.63) is 62.0 Å². The van der Waals surface area contributed by atoms with E-state index < -0.39 is 12.1 Å². The van der Waals surface area contributed by atoms with E-state index in [1.54, 1.807) is 30.4 Å². The van der Waals surface area contributed by atoms with Gasteiger partial charge in [-0.15, -0.1) is 11.3 Å². The van der Waals surface area contributed by atoms with E-state index in [2.05, 4.69) is 16.9 Å². The molecule has 2 atom stereocenters. The second kappa shape index (κ2) is 6.93. The third kappa shape index (κ3) is 3.41. The number of nitrogens with one attached hydrogen (secondary N) is 1. The molecule has 0 fully saturated rings. The lowest BCUT2D eigenvalue weighted by Gasteiger charge is -2.17. The number of aromatic amines is 1. The first-order chi connectivity index (χ1) is 12.9. The molecule has 6 heteroatoms. The summed E-state index contributed by atoms with van der Waals surface area (Å²) >= 11 is 1.59. The molecular weight excluding hydrogens is 360 g/mol. The molecule has 0 unspecified atom stereocenters. The number of aromatic nitrogens is 2. The monoisotopic (exact) mass is 382 g/mol. The number of rotatable bonds is 3. The molecule has 1 aromatic carbocycles. The first kappa shape index (κ1) is 17.9. The normalized spacial score (nSPS) is 17.5. The van der Waals surface area contributed by atoms with Gasteiger partial charge in [-0.25, -0.2) is 9.78 Å². The zero-order valence-corrected chi connectivity index (χ0v) is 16.5. The number of carbonyl (C=O) groups is 1. The van der Waals surface area contributed by atoms with E-state index in [9.17, 15) is 9.59 Å². The van der Waals surface area contributed by atoms with E-state index in [0.717, 1.165) is 35.2 Å². The Hall–Kier alpha value is -2.47. The Morgan fingerprint density at radius 2 is 2.22 bits per heavy atom. The van der Waals surface area contributed by atoms with Gasteiger partial charge in [0, 0.05) is 4.88 Å². The number of benzene rings is 1. The molecule has 0 bridgehead atoms. The van der Waals surface area contributed by atoms with E-state index in [4.69, 9.17) is 4.74 Å². The second-order valence-corrected chi connectivity index (χ2v) is 8.48. The van der Waals surface area contributed by atoms with E-state index >= 15 is 0 Å². The minimum atomic E-state index is -0.631. The maximum Gasteiger partial charge on any atom is 0.338 e. The maximum atomic E-state index is 12.7. The number of aryl methyl sites for hydroxylation is 2. The van der Waals surface area contributed by atoms with E-state index in [1.807, 2.05) is 19.1 Å². The molecule has 2 heterocycles. The average molecular weight is 382 g/mol. The molecule has 140 valence electrons. The number of thiophene rings is 1. The zero-order valence-electron chi connectivity index (χ0n) is 15.7. The smallest absolute Gasteiger partial charge is 0.338 e. The van der Waals surface area contributed by atoms with Crippen molar-refractivity contribution >= 4 is 27.5 Å². The highest BCUT2D eigenvalue weighted by Crippen LogP contribution is 2.36. The van der Waals surface area contributed by atoms with Gasteiger partial charge in [0.25, 0.3) is 5.56 Å².